The smallest absolute Gasteiger partial charge is 0.410 e. The van der Waals surface area contributed by atoms with E-state index in [9.17, 15) is 13.2 Å². The van der Waals surface area contributed by atoms with Gasteiger partial charge in [0.25, 0.3) is 10.1 Å². The second kappa shape index (κ2) is 8.48. The molecule has 0 aliphatic carbocycles. The van der Waals surface area contributed by atoms with Crippen molar-refractivity contribution in [3.63, 3.8) is 0 Å². The first-order valence-corrected chi connectivity index (χ1v) is 10.9. The summed E-state index contributed by atoms with van der Waals surface area (Å²) in [6, 6.07) is 7.90. The number of benzene rings is 1. The first-order valence-electron chi connectivity index (χ1n) is 9.11. The van der Waals surface area contributed by atoms with Crippen LogP contribution in [0.15, 0.2) is 24.3 Å². The van der Waals surface area contributed by atoms with Crippen molar-refractivity contribution in [2.75, 3.05) is 37.4 Å². The van der Waals surface area contributed by atoms with Crippen LogP contribution in [0, 0.1) is 6.92 Å². The van der Waals surface area contributed by atoms with E-state index in [2.05, 4.69) is 24.0 Å². The third kappa shape index (κ3) is 6.70. The molecule has 0 aromatic heterocycles. The number of anilines is 1. The fourth-order valence-electron chi connectivity index (χ4n) is 3.14. The van der Waals surface area contributed by atoms with Gasteiger partial charge in [0.1, 0.15) is 5.60 Å². The maximum Gasteiger partial charge on any atom is 0.410 e. The third-order valence-corrected chi connectivity index (χ3v) is 4.91. The Bertz CT molecular complexity index is 758. The lowest BCUT2D eigenvalue weighted by Crippen LogP contribution is -2.56. The Balaban J connectivity index is 2.14. The van der Waals surface area contributed by atoms with Gasteiger partial charge >= 0.3 is 6.09 Å². The van der Waals surface area contributed by atoms with Crippen LogP contribution in [-0.2, 0) is 19.0 Å². The lowest BCUT2D eigenvalue weighted by molar-refractivity contribution is 0.0121. The van der Waals surface area contributed by atoms with Gasteiger partial charge in [0.05, 0.1) is 18.9 Å². The van der Waals surface area contributed by atoms with E-state index < -0.39 is 15.7 Å². The van der Waals surface area contributed by atoms with Crippen LogP contribution >= 0.6 is 0 Å². The number of piperazine rings is 1. The lowest BCUT2D eigenvalue weighted by Gasteiger charge is -2.43. The molecule has 1 fully saturated rings. The Labute approximate surface area is 162 Å². The van der Waals surface area contributed by atoms with Crippen molar-refractivity contribution < 1.29 is 22.1 Å². The van der Waals surface area contributed by atoms with E-state index in [0.29, 0.717) is 26.1 Å². The largest absolute Gasteiger partial charge is 0.444 e. The van der Waals surface area contributed by atoms with E-state index in [1.54, 1.807) is 4.90 Å². The van der Waals surface area contributed by atoms with Crippen LogP contribution in [-0.4, -0.2) is 63.6 Å². The number of para-hydroxylation sites is 1. The normalized spacial score (nSPS) is 18.5. The molecule has 0 spiro atoms. The fourth-order valence-corrected chi connectivity index (χ4v) is 3.53. The molecule has 1 unspecified atom stereocenters. The van der Waals surface area contributed by atoms with E-state index in [0.717, 1.165) is 17.5 Å². The van der Waals surface area contributed by atoms with E-state index in [1.807, 2.05) is 32.9 Å². The van der Waals surface area contributed by atoms with E-state index >= 15 is 0 Å². The summed E-state index contributed by atoms with van der Waals surface area (Å²) in [5.74, 6) is 0. The molecule has 1 aliphatic rings. The monoisotopic (exact) mass is 398 g/mol. The van der Waals surface area contributed by atoms with Gasteiger partial charge in [0, 0.05) is 25.3 Å². The summed E-state index contributed by atoms with van der Waals surface area (Å²) < 4.78 is 33.0. The van der Waals surface area contributed by atoms with Gasteiger partial charge in [-0.1, -0.05) is 18.2 Å². The SMILES string of the molecule is Cc1ccccc1N1CCN(C(=O)OC(C)(C)C)C(CCOS(C)(=O)=O)C1. The highest BCUT2D eigenvalue weighted by molar-refractivity contribution is 7.85. The van der Waals surface area contributed by atoms with Crippen molar-refractivity contribution in [3.8, 4) is 0 Å². The summed E-state index contributed by atoms with van der Waals surface area (Å²) in [4.78, 5) is 16.5. The number of carbonyl (C=O) groups excluding carboxylic acids is 1. The number of ether oxygens (including phenoxy) is 1. The van der Waals surface area contributed by atoms with Crippen LogP contribution in [0.4, 0.5) is 10.5 Å². The molecule has 8 heteroatoms. The molecule has 1 amide bonds. The molecule has 1 aromatic carbocycles. The van der Waals surface area contributed by atoms with E-state index in [4.69, 9.17) is 8.92 Å². The van der Waals surface area contributed by atoms with Crippen LogP contribution in [0.3, 0.4) is 0 Å². The van der Waals surface area contributed by atoms with Gasteiger partial charge in [0.15, 0.2) is 0 Å². The van der Waals surface area contributed by atoms with E-state index in [-0.39, 0.29) is 18.7 Å². The molecule has 2 rings (SSSR count). The number of aryl methyl sites for hydroxylation is 1. The first-order chi connectivity index (χ1) is 12.5. The average molecular weight is 399 g/mol. The number of hydrogen-bond acceptors (Lipinski definition) is 6. The predicted molar refractivity (Wildman–Crippen MR) is 106 cm³/mol. The lowest BCUT2D eigenvalue weighted by atomic mass is 10.1. The summed E-state index contributed by atoms with van der Waals surface area (Å²) >= 11 is 0. The molecule has 152 valence electrons. The predicted octanol–water partition coefficient (Wildman–Crippen LogP) is 2.79. The topological polar surface area (TPSA) is 76.2 Å². The number of hydrogen-bond donors (Lipinski definition) is 0. The number of rotatable bonds is 5. The minimum atomic E-state index is -3.51. The molecule has 0 N–H and O–H groups in total. The van der Waals surface area contributed by atoms with Gasteiger partial charge in [-0.05, 0) is 45.7 Å². The standard InChI is InChI=1S/C19H30N2O5S/c1-15-8-6-7-9-17(15)20-11-12-21(18(22)26-19(2,3)4)16(14-20)10-13-25-27(5,23)24/h6-9,16H,10-14H2,1-5H3. The summed E-state index contributed by atoms with van der Waals surface area (Å²) in [5, 5.41) is 0. The summed E-state index contributed by atoms with van der Waals surface area (Å²) in [6.07, 6.45) is 1.06. The Kier molecular flexibility index (Phi) is 6.75. The minimum absolute atomic E-state index is 0.0322. The molecule has 1 aromatic rings. The maximum absolute atomic E-state index is 12.6. The Hall–Kier alpha value is -1.80. The molecule has 0 saturated carbocycles. The zero-order chi connectivity index (χ0) is 20.2. The Morgan fingerprint density at radius 3 is 2.48 bits per heavy atom. The van der Waals surface area contributed by atoms with Gasteiger partial charge < -0.3 is 14.5 Å². The zero-order valence-corrected chi connectivity index (χ0v) is 17.6. The molecule has 0 radical (unpaired) electrons. The second-order valence-electron chi connectivity index (χ2n) is 7.87. The van der Waals surface area contributed by atoms with E-state index in [1.165, 1.54) is 0 Å². The molecule has 7 nitrogen and oxygen atoms in total. The van der Waals surface area contributed by atoms with Crippen LogP contribution < -0.4 is 4.90 Å². The molecule has 1 aliphatic heterocycles. The Morgan fingerprint density at radius 2 is 1.89 bits per heavy atom. The second-order valence-corrected chi connectivity index (χ2v) is 9.52. The van der Waals surface area contributed by atoms with Gasteiger partial charge in [-0.3, -0.25) is 4.18 Å². The molecule has 1 atom stereocenters. The molecule has 1 heterocycles. The van der Waals surface area contributed by atoms with Crippen LogP contribution in [0.1, 0.15) is 32.8 Å². The third-order valence-electron chi connectivity index (χ3n) is 4.32. The molecule has 1 saturated heterocycles. The summed E-state index contributed by atoms with van der Waals surface area (Å²) in [5.41, 5.74) is 1.70. The molecular formula is C19H30N2O5S. The van der Waals surface area contributed by atoms with Gasteiger partial charge in [0.2, 0.25) is 0 Å². The molecule has 0 bridgehead atoms. The fraction of sp³-hybridized carbons (Fsp3) is 0.632. The molecular weight excluding hydrogens is 368 g/mol. The highest BCUT2D eigenvalue weighted by Crippen LogP contribution is 2.25. The summed E-state index contributed by atoms with van der Waals surface area (Å²) in [7, 11) is -3.51. The highest BCUT2D eigenvalue weighted by atomic mass is 32.2. The highest BCUT2D eigenvalue weighted by Gasteiger charge is 2.33. The number of amides is 1. The number of nitrogens with zero attached hydrogens (tertiary/aromatic N) is 2. The van der Waals surface area contributed by atoms with Gasteiger partial charge in [-0.2, -0.15) is 8.42 Å². The molecule has 27 heavy (non-hydrogen) atoms. The van der Waals surface area contributed by atoms with Crippen molar-refractivity contribution in [3.05, 3.63) is 29.8 Å². The number of carbonyl (C=O) groups is 1. The first kappa shape index (κ1) is 21.5. The quantitative estimate of drug-likeness (QED) is 0.710. The van der Waals surface area contributed by atoms with Crippen molar-refractivity contribution in [2.24, 2.45) is 0 Å². The van der Waals surface area contributed by atoms with Gasteiger partial charge in [-0.25, -0.2) is 4.79 Å². The minimum Gasteiger partial charge on any atom is -0.444 e. The van der Waals surface area contributed by atoms with Crippen molar-refractivity contribution in [1.29, 1.82) is 0 Å². The van der Waals surface area contributed by atoms with Crippen molar-refractivity contribution in [1.82, 2.24) is 4.90 Å². The van der Waals surface area contributed by atoms with Crippen molar-refractivity contribution in [2.45, 2.75) is 45.8 Å². The van der Waals surface area contributed by atoms with Gasteiger partial charge in [-0.15, -0.1) is 0 Å². The average Bonchev–Trinajstić information content (AvgIpc) is 2.52. The maximum atomic E-state index is 12.6. The van der Waals surface area contributed by atoms with Crippen LogP contribution in [0.5, 0.6) is 0 Å². The summed E-state index contributed by atoms with van der Waals surface area (Å²) in [6.45, 7) is 9.36. The van der Waals surface area contributed by atoms with Crippen LogP contribution in [0.2, 0.25) is 0 Å². The van der Waals surface area contributed by atoms with Crippen molar-refractivity contribution >= 4 is 21.9 Å². The Morgan fingerprint density at radius 1 is 1.22 bits per heavy atom. The zero-order valence-electron chi connectivity index (χ0n) is 16.8. The van der Waals surface area contributed by atoms with Crippen LogP contribution in [0.25, 0.3) is 0 Å².